The second kappa shape index (κ2) is 8.69. The minimum Gasteiger partial charge on any atom is -0.481 e. The quantitative estimate of drug-likeness (QED) is 0.282. The first-order valence-electron chi connectivity index (χ1n) is 8.62. The normalized spacial score (nSPS) is 10.9. The van der Waals surface area contributed by atoms with E-state index >= 15 is 0 Å². The van der Waals surface area contributed by atoms with Crippen LogP contribution in [0.1, 0.15) is 0 Å². The summed E-state index contributed by atoms with van der Waals surface area (Å²) in [7, 11) is 0. The van der Waals surface area contributed by atoms with Crippen LogP contribution in [0.25, 0.3) is 22.4 Å². The van der Waals surface area contributed by atoms with Crippen molar-refractivity contribution in [2.45, 2.75) is 0 Å². The van der Waals surface area contributed by atoms with Crippen LogP contribution in [0.15, 0.2) is 74.1 Å². The van der Waals surface area contributed by atoms with Crippen molar-refractivity contribution in [3.05, 3.63) is 74.1 Å². The SMILES string of the molecule is O=C(COc1c(Br)cc(Br)cc1Br)Nc1ccc(-c2nc3ccccc3[nH]2)cc1. The van der Waals surface area contributed by atoms with Gasteiger partial charge in [0.2, 0.25) is 0 Å². The zero-order chi connectivity index (χ0) is 20.4. The topological polar surface area (TPSA) is 67.0 Å². The summed E-state index contributed by atoms with van der Waals surface area (Å²) in [5.41, 5.74) is 3.54. The van der Waals surface area contributed by atoms with Gasteiger partial charge >= 0.3 is 0 Å². The summed E-state index contributed by atoms with van der Waals surface area (Å²) in [6, 6.07) is 19.1. The molecule has 4 aromatic rings. The fourth-order valence-corrected chi connectivity index (χ4v) is 5.29. The van der Waals surface area contributed by atoms with E-state index in [9.17, 15) is 4.79 Å². The number of hydrogen-bond donors (Lipinski definition) is 2. The van der Waals surface area contributed by atoms with Crippen molar-refractivity contribution in [2.75, 3.05) is 11.9 Å². The maximum atomic E-state index is 12.3. The summed E-state index contributed by atoms with van der Waals surface area (Å²) in [6.45, 7) is -0.107. The van der Waals surface area contributed by atoms with Gasteiger partial charge in [-0.3, -0.25) is 4.79 Å². The second-order valence-corrected chi connectivity index (χ2v) is 8.84. The van der Waals surface area contributed by atoms with Crippen molar-refractivity contribution in [1.82, 2.24) is 9.97 Å². The Hall–Kier alpha value is -2.16. The molecule has 3 aromatic carbocycles. The van der Waals surface area contributed by atoms with Crippen molar-refractivity contribution in [2.24, 2.45) is 0 Å². The number of aromatic nitrogens is 2. The van der Waals surface area contributed by atoms with Crippen molar-refractivity contribution in [3.8, 4) is 17.1 Å². The van der Waals surface area contributed by atoms with E-state index in [4.69, 9.17) is 4.74 Å². The molecule has 1 aromatic heterocycles. The summed E-state index contributed by atoms with van der Waals surface area (Å²) < 4.78 is 8.05. The number of halogens is 3. The highest BCUT2D eigenvalue weighted by Gasteiger charge is 2.11. The Kier molecular flexibility index (Phi) is 6.03. The summed E-state index contributed by atoms with van der Waals surface area (Å²) >= 11 is 10.3. The minimum absolute atomic E-state index is 0.107. The molecule has 2 N–H and O–H groups in total. The number of amides is 1. The van der Waals surface area contributed by atoms with Gasteiger partial charge in [-0.15, -0.1) is 0 Å². The number of carbonyl (C=O) groups excluding carboxylic acids is 1. The number of nitrogens with one attached hydrogen (secondary N) is 2. The lowest BCUT2D eigenvalue weighted by Crippen LogP contribution is -2.20. The average Bonchev–Trinajstić information content (AvgIpc) is 3.12. The van der Waals surface area contributed by atoms with E-state index in [2.05, 4.69) is 63.1 Å². The van der Waals surface area contributed by atoms with Crippen LogP contribution in [0.3, 0.4) is 0 Å². The number of carbonyl (C=O) groups is 1. The Morgan fingerprint density at radius 2 is 1.69 bits per heavy atom. The molecule has 0 aliphatic rings. The van der Waals surface area contributed by atoms with Crippen LogP contribution in [0, 0.1) is 0 Å². The highest BCUT2D eigenvalue weighted by atomic mass is 79.9. The van der Waals surface area contributed by atoms with E-state index in [1.54, 1.807) is 0 Å². The molecule has 0 unspecified atom stereocenters. The van der Waals surface area contributed by atoms with Gasteiger partial charge in [-0.25, -0.2) is 4.98 Å². The van der Waals surface area contributed by atoms with Crippen LogP contribution in [-0.2, 0) is 4.79 Å². The maximum Gasteiger partial charge on any atom is 0.262 e. The molecule has 0 spiro atoms. The molecule has 1 heterocycles. The van der Waals surface area contributed by atoms with Gasteiger partial charge in [0.05, 0.1) is 20.0 Å². The van der Waals surface area contributed by atoms with Crippen LogP contribution < -0.4 is 10.1 Å². The number of rotatable bonds is 5. The Morgan fingerprint density at radius 3 is 2.38 bits per heavy atom. The number of nitrogens with zero attached hydrogens (tertiary/aromatic N) is 1. The predicted octanol–water partition coefficient (Wildman–Crippen LogP) is 6.53. The monoisotopic (exact) mass is 577 g/mol. The highest BCUT2D eigenvalue weighted by Crippen LogP contribution is 2.36. The zero-order valence-corrected chi connectivity index (χ0v) is 19.6. The smallest absolute Gasteiger partial charge is 0.262 e. The summed E-state index contributed by atoms with van der Waals surface area (Å²) in [4.78, 5) is 20.1. The Bertz CT molecular complexity index is 1130. The molecule has 0 saturated heterocycles. The molecule has 0 saturated carbocycles. The number of H-pyrrole nitrogens is 1. The summed E-state index contributed by atoms with van der Waals surface area (Å²) in [5.74, 6) is 1.11. The van der Waals surface area contributed by atoms with Crippen molar-refractivity contribution >= 4 is 70.4 Å². The molecule has 0 fully saturated rings. The first-order chi connectivity index (χ1) is 14.0. The lowest BCUT2D eigenvalue weighted by Gasteiger charge is -2.11. The number of para-hydroxylation sites is 2. The summed E-state index contributed by atoms with van der Waals surface area (Å²) in [5, 5.41) is 2.83. The lowest BCUT2D eigenvalue weighted by molar-refractivity contribution is -0.118. The third-order valence-electron chi connectivity index (χ3n) is 4.14. The minimum atomic E-state index is -0.247. The standard InChI is InChI=1S/C21H14Br3N3O2/c22-13-9-15(23)20(16(24)10-13)29-11-19(28)25-14-7-5-12(6-8-14)21-26-17-3-1-2-4-18(17)27-21/h1-10H,11H2,(H,25,28)(H,26,27). The molecular formula is C21H14Br3N3O2. The predicted molar refractivity (Wildman–Crippen MR) is 125 cm³/mol. The first kappa shape index (κ1) is 20.1. The van der Waals surface area contributed by atoms with E-state index in [0.29, 0.717) is 11.4 Å². The van der Waals surface area contributed by atoms with Gasteiger partial charge in [-0.05, 0) is 80.4 Å². The van der Waals surface area contributed by atoms with Gasteiger partial charge in [0.15, 0.2) is 6.61 Å². The molecule has 4 rings (SSSR count). The lowest BCUT2D eigenvalue weighted by atomic mass is 10.2. The number of fused-ring (bicyclic) bond motifs is 1. The highest BCUT2D eigenvalue weighted by molar-refractivity contribution is 9.11. The van der Waals surface area contributed by atoms with Gasteiger partial charge in [0.1, 0.15) is 11.6 Å². The largest absolute Gasteiger partial charge is 0.481 e. The molecule has 5 nitrogen and oxygen atoms in total. The van der Waals surface area contributed by atoms with Gasteiger partial charge in [-0.2, -0.15) is 0 Å². The molecule has 0 aliphatic carbocycles. The number of benzene rings is 3. The number of anilines is 1. The maximum absolute atomic E-state index is 12.3. The van der Waals surface area contributed by atoms with Gasteiger partial charge in [-0.1, -0.05) is 28.1 Å². The van der Waals surface area contributed by atoms with Gasteiger partial charge < -0.3 is 15.0 Å². The fraction of sp³-hybridized carbons (Fsp3) is 0.0476. The third-order valence-corrected chi connectivity index (χ3v) is 5.78. The molecule has 146 valence electrons. The van der Waals surface area contributed by atoms with Crippen LogP contribution in [-0.4, -0.2) is 22.5 Å². The van der Waals surface area contributed by atoms with E-state index in [1.807, 2.05) is 60.7 Å². The first-order valence-corrected chi connectivity index (χ1v) is 11.0. The average molecular weight is 580 g/mol. The van der Waals surface area contributed by atoms with Gasteiger partial charge in [0, 0.05) is 15.7 Å². The van der Waals surface area contributed by atoms with Crippen LogP contribution >= 0.6 is 47.8 Å². The molecule has 29 heavy (non-hydrogen) atoms. The van der Waals surface area contributed by atoms with Crippen LogP contribution in [0.5, 0.6) is 5.75 Å². The Morgan fingerprint density at radius 1 is 1.00 bits per heavy atom. The van der Waals surface area contributed by atoms with Crippen LogP contribution in [0.2, 0.25) is 0 Å². The Balaban J connectivity index is 1.40. The van der Waals surface area contributed by atoms with Crippen molar-refractivity contribution in [3.63, 3.8) is 0 Å². The molecule has 0 atom stereocenters. The molecule has 0 radical (unpaired) electrons. The third kappa shape index (κ3) is 4.71. The number of ether oxygens (including phenoxy) is 1. The fourth-order valence-electron chi connectivity index (χ4n) is 2.80. The van der Waals surface area contributed by atoms with E-state index in [-0.39, 0.29) is 12.5 Å². The molecular weight excluding hydrogens is 566 g/mol. The van der Waals surface area contributed by atoms with Crippen molar-refractivity contribution < 1.29 is 9.53 Å². The molecule has 1 amide bonds. The van der Waals surface area contributed by atoms with Gasteiger partial charge in [0.25, 0.3) is 5.91 Å². The van der Waals surface area contributed by atoms with Crippen molar-refractivity contribution in [1.29, 1.82) is 0 Å². The van der Waals surface area contributed by atoms with Crippen LogP contribution in [0.4, 0.5) is 5.69 Å². The second-order valence-electron chi connectivity index (χ2n) is 6.22. The molecule has 8 heteroatoms. The molecule has 0 bridgehead atoms. The summed E-state index contributed by atoms with van der Waals surface area (Å²) in [6.07, 6.45) is 0. The van der Waals surface area contributed by atoms with E-state index in [1.165, 1.54) is 0 Å². The number of hydrogen-bond acceptors (Lipinski definition) is 3. The molecule has 0 aliphatic heterocycles. The Labute approximate surface area is 192 Å². The van der Waals surface area contributed by atoms with E-state index in [0.717, 1.165) is 35.8 Å². The number of aromatic amines is 1. The zero-order valence-electron chi connectivity index (χ0n) is 14.9. The van der Waals surface area contributed by atoms with E-state index < -0.39 is 0 Å². The number of imidazole rings is 1.